The molecule has 0 spiro atoms. The van der Waals surface area contributed by atoms with E-state index in [0.717, 1.165) is 5.69 Å². The van der Waals surface area contributed by atoms with Crippen LogP contribution in [0.1, 0.15) is 107 Å². The van der Waals surface area contributed by atoms with Crippen LogP contribution in [0.2, 0.25) is 0 Å². The zero-order valence-corrected chi connectivity index (χ0v) is 28.7. The van der Waals surface area contributed by atoms with Crippen LogP contribution in [0, 0.1) is 25.7 Å². The van der Waals surface area contributed by atoms with Crippen LogP contribution >= 0.6 is 34.3 Å². The molecule has 0 bridgehead atoms. The van der Waals surface area contributed by atoms with E-state index in [2.05, 4.69) is 67.7 Å². The number of benzene rings is 3. The molecule has 3 aromatic carbocycles. The molecular formula is C39H44ClNO2S2. The monoisotopic (exact) mass is 657 g/mol. The Bertz CT molecular complexity index is 1730. The van der Waals surface area contributed by atoms with E-state index in [9.17, 15) is 4.79 Å². The van der Waals surface area contributed by atoms with Crippen LogP contribution < -0.4 is 5.32 Å². The number of aromatic carboxylic acids is 1. The van der Waals surface area contributed by atoms with Crippen molar-refractivity contribution in [3.63, 3.8) is 0 Å². The molecule has 2 aromatic heterocycles. The van der Waals surface area contributed by atoms with Crippen LogP contribution in [0.25, 0.3) is 20.2 Å². The normalized spacial score (nSPS) is 17.5. The summed E-state index contributed by atoms with van der Waals surface area (Å²) < 4.78 is 2.72. The summed E-state index contributed by atoms with van der Waals surface area (Å²) in [5.74, 6) is 0.419. The minimum absolute atomic E-state index is 0.225. The molecule has 2 heterocycles. The van der Waals surface area contributed by atoms with Crippen molar-refractivity contribution in [1.82, 2.24) is 0 Å². The third-order valence-electron chi connectivity index (χ3n) is 9.93. The van der Waals surface area contributed by atoms with E-state index in [0.29, 0.717) is 17.4 Å². The van der Waals surface area contributed by atoms with E-state index in [1.165, 1.54) is 105 Å². The van der Waals surface area contributed by atoms with E-state index < -0.39 is 5.97 Å². The third kappa shape index (κ3) is 7.26. The van der Waals surface area contributed by atoms with Gasteiger partial charge in [0.25, 0.3) is 0 Å². The average molecular weight is 658 g/mol. The minimum Gasteiger partial charge on any atom is -0.478 e. The van der Waals surface area contributed by atoms with Crippen LogP contribution in [-0.4, -0.2) is 11.1 Å². The van der Waals surface area contributed by atoms with Crippen molar-refractivity contribution >= 4 is 66.1 Å². The van der Waals surface area contributed by atoms with E-state index in [1.54, 1.807) is 12.1 Å². The van der Waals surface area contributed by atoms with Crippen molar-refractivity contribution in [2.75, 3.05) is 5.32 Å². The van der Waals surface area contributed by atoms with Gasteiger partial charge >= 0.3 is 5.97 Å². The largest absolute Gasteiger partial charge is 0.478 e. The lowest BCUT2D eigenvalue weighted by Crippen LogP contribution is -2.23. The maximum Gasteiger partial charge on any atom is 0.335 e. The predicted molar refractivity (Wildman–Crippen MR) is 195 cm³/mol. The van der Waals surface area contributed by atoms with Crippen LogP contribution in [0.5, 0.6) is 0 Å². The number of thiophene rings is 2. The first kappa shape index (κ1) is 32.1. The summed E-state index contributed by atoms with van der Waals surface area (Å²) in [5, 5.41) is 15.8. The summed E-state index contributed by atoms with van der Waals surface area (Å²) >= 11 is 10.6. The van der Waals surface area contributed by atoms with Gasteiger partial charge in [0.15, 0.2) is 0 Å². The highest BCUT2D eigenvalue weighted by atomic mass is 35.5. The minimum atomic E-state index is -0.884. The second-order valence-electron chi connectivity index (χ2n) is 12.9. The maximum absolute atomic E-state index is 11.1. The Morgan fingerprint density at radius 2 is 1.20 bits per heavy atom. The maximum atomic E-state index is 11.1. The predicted octanol–water partition coefficient (Wildman–Crippen LogP) is 12.7. The van der Waals surface area contributed by atoms with E-state index in [1.807, 2.05) is 34.8 Å². The Kier molecular flexibility index (Phi) is 10.5. The molecule has 2 N–H and O–H groups in total. The quantitative estimate of drug-likeness (QED) is 0.171. The second kappa shape index (κ2) is 14.7. The standard InChI is InChI=1S/C23H25NO2S.C16H19ClS/c1-15-19-9-5-6-10-20(19)27-22(15)21(16-7-3-2-4-8-16)24-18-13-11-17(12-14-18)23(25)26;1-11-13-9-5-6-10-14(13)18-16(11)15(17)12-7-3-2-4-8-12/h5-6,9-14,16,21,24H,2-4,7-8H2,1H3,(H,25,26);5-6,9-10,12,15H,2-4,7-8H2,1H3. The Morgan fingerprint density at radius 3 is 1.73 bits per heavy atom. The SMILES string of the molecule is Cc1c(C(Cl)C2CCCCC2)sc2ccccc12.Cc1c(C(Nc2ccc(C(=O)O)cc2)C2CCCCC2)sc2ccccc12. The van der Waals surface area contributed by atoms with Crippen molar-refractivity contribution in [3.05, 3.63) is 99.2 Å². The molecule has 5 aromatic rings. The number of alkyl halides is 1. The molecule has 2 aliphatic carbocycles. The first-order valence-electron chi connectivity index (χ1n) is 16.6. The number of carbonyl (C=O) groups is 1. The molecule has 0 radical (unpaired) electrons. The van der Waals surface area contributed by atoms with E-state index in [4.69, 9.17) is 16.7 Å². The molecule has 236 valence electrons. The highest BCUT2D eigenvalue weighted by Gasteiger charge is 2.29. The highest BCUT2D eigenvalue weighted by molar-refractivity contribution is 7.19. The summed E-state index contributed by atoms with van der Waals surface area (Å²) in [6.07, 6.45) is 13.2. The molecule has 2 unspecified atom stereocenters. The molecule has 45 heavy (non-hydrogen) atoms. The van der Waals surface area contributed by atoms with Gasteiger partial charge in [0.05, 0.1) is 17.0 Å². The number of halogens is 1. The Balaban J connectivity index is 0.000000172. The van der Waals surface area contributed by atoms with Crippen molar-refractivity contribution in [2.24, 2.45) is 11.8 Å². The summed E-state index contributed by atoms with van der Waals surface area (Å²) in [4.78, 5) is 14.0. The van der Waals surface area contributed by atoms with Gasteiger partial charge in [-0.05, 0) is 110 Å². The highest BCUT2D eigenvalue weighted by Crippen LogP contribution is 2.45. The van der Waals surface area contributed by atoms with Crippen molar-refractivity contribution < 1.29 is 9.90 Å². The summed E-state index contributed by atoms with van der Waals surface area (Å²) in [6, 6.07) is 24.7. The average Bonchev–Trinajstić information content (AvgIpc) is 3.61. The molecule has 0 aliphatic heterocycles. The lowest BCUT2D eigenvalue weighted by Gasteiger charge is -2.31. The smallest absolute Gasteiger partial charge is 0.335 e. The molecule has 7 rings (SSSR count). The van der Waals surface area contributed by atoms with Gasteiger partial charge in [0, 0.05) is 24.8 Å². The van der Waals surface area contributed by atoms with Crippen molar-refractivity contribution in [3.8, 4) is 0 Å². The fourth-order valence-corrected chi connectivity index (χ4v) is 10.5. The van der Waals surface area contributed by atoms with Crippen molar-refractivity contribution in [2.45, 2.75) is 89.5 Å². The first-order valence-corrected chi connectivity index (χ1v) is 18.7. The lowest BCUT2D eigenvalue weighted by atomic mass is 9.82. The van der Waals surface area contributed by atoms with Gasteiger partial charge in [-0.15, -0.1) is 34.3 Å². The molecule has 2 fully saturated rings. The number of fused-ring (bicyclic) bond motifs is 2. The number of carboxylic acid groups (broad SMARTS) is 1. The van der Waals surface area contributed by atoms with Gasteiger partial charge in [-0.2, -0.15) is 0 Å². The summed E-state index contributed by atoms with van der Waals surface area (Å²) in [6.45, 7) is 4.46. The zero-order chi connectivity index (χ0) is 31.3. The number of nitrogens with one attached hydrogen (secondary N) is 1. The van der Waals surface area contributed by atoms with E-state index in [-0.39, 0.29) is 11.4 Å². The van der Waals surface area contributed by atoms with Gasteiger partial charge in [-0.3, -0.25) is 0 Å². The number of carboxylic acids is 1. The fraction of sp³-hybridized carbons (Fsp3) is 0.410. The molecule has 2 saturated carbocycles. The van der Waals surface area contributed by atoms with E-state index >= 15 is 0 Å². The third-order valence-corrected chi connectivity index (χ3v) is 13.3. The van der Waals surface area contributed by atoms with Crippen molar-refractivity contribution in [1.29, 1.82) is 0 Å². The number of anilines is 1. The Hall–Kier alpha value is -2.86. The molecule has 2 aliphatic rings. The van der Waals surface area contributed by atoms with Gasteiger partial charge in [0.2, 0.25) is 0 Å². The number of rotatable bonds is 7. The Morgan fingerprint density at radius 1 is 0.711 bits per heavy atom. The topological polar surface area (TPSA) is 49.3 Å². The van der Waals surface area contributed by atoms with Gasteiger partial charge in [0.1, 0.15) is 0 Å². The zero-order valence-electron chi connectivity index (χ0n) is 26.4. The lowest BCUT2D eigenvalue weighted by molar-refractivity contribution is 0.0697. The Labute approximate surface area is 280 Å². The van der Waals surface area contributed by atoms with Gasteiger partial charge < -0.3 is 10.4 Å². The number of hydrogen-bond acceptors (Lipinski definition) is 4. The van der Waals surface area contributed by atoms with Gasteiger partial charge in [-0.1, -0.05) is 74.9 Å². The van der Waals surface area contributed by atoms with Crippen LogP contribution in [0.4, 0.5) is 5.69 Å². The molecule has 2 atom stereocenters. The molecule has 6 heteroatoms. The van der Waals surface area contributed by atoms with Crippen LogP contribution in [-0.2, 0) is 0 Å². The molecule has 0 saturated heterocycles. The number of aryl methyl sites for hydroxylation is 2. The van der Waals surface area contributed by atoms with Crippen LogP contribution in [0.3, 0.4) is 0 Å². The first-order chi connectivity index (χ1) is 21.9. The van der Waals surface area contributed by atoms with Gasteiger partial charge in [-0.25, -0.2) is 4.79 Å². The number of hydrogen-bond donors (Lipinski definition) is 2. The molecular weight excluding hydrogens is 614 g/mol. The fourth-order valence-electron chi connectivity index (χ4n) is 7.34. The summed E-state index contributed by atoms with van der Waals surface area (Å²) in [5.41, 5.74) is 4.10. The second-order valence-corrected chi connectivity index (χ2v) is 15.5. The molecule has 3 nitrogen and oxygen atoms in total. The van der Waals surface area contributed by atoms with Crippen LogP contribution in [0.15, 0.2) is 72.8 Å². The molecule has 0 amide bonds. The summed E-state index contributed by atoms with van der Waals surface area (Å²) in [7, 11) is 0.